The van der Waals surface area contributed by atoms with Crippen LogP contribution in [0.25, 0.3) is 6.08 Å². The normalized spacial score (nSPS) is 11.9. The monoisotopic (exact) mass is 467 g/mol. The van der Waals surface area contributed by atoms with E-state index in [1.165, 1.54) is 24.3 Å². The van der Waals surface area contributed by atoms with Crippen LogP contribution in [0.4, 0.5) is 17.1 Å². The number of carbonyl (C=O) groups excluding carboxylic acids is 2. The van der Waals surface area contributed by atoms with Gasteiger partial charge >= 0.3 is 0 Å². The van der Waals surface area contributed by atoms with Crippen LogP contribution in [0.3, 0.4) is 0 Å². The van der Waals surface area contributed by atoms with Crippen LogP contribution < -0.4 is 10.6 Å². The lowest BCUT2D eigenvalue weighted by Gasteiger charge is -2.15. The molecule has 0 fully saturated rings. The van der Waals surface area contributed by atoms with Gasteiger partial charge in [-0.2, -0.15) is 5.10 Å². The van der Waals surface area contributed by atoms with Crippen LogP contribution in [-0.4, -0.2) is 26.5 Å². The van der Waals surface area contributed by atoms with Crippen molar-refractivity contribution in [3.63, 3.8) is 0 Å². The molecule has 0 spiro atoms. The first kappa shape index (κ1) is 23.7. The van der Waals surface area contributed by atoms with Crippen LogP contribution in [0.5, 0.6) is 0 Å². The van der Waals surface area contributed by atoms with E-state index in [2.05, 4.69) is 15.7 Å². The number of hydrogen-bond donors (Lipinski definition) is 2. The summed E-state index contributed by atoms with van der Waals surface area (Å²) < 4.78 is 1.64. The average Bonchev–Trinajstić information content (AvgIpc) is 3.11. The van der Waals surface area contributed by atoms with Crippen molar-refractivity contribution in [1.82, 2.24) is 9.78 Å². The van der Waals surface area contributed by atoms with E-state index in [0.717, 1.165) is 11.4 Å². The molecule has 0 aliphatic heterocycles. The zero-order chi connectivity index (χ0) is 24.1. The SMILES string of the molecule is Cc1cc(C)n(C(C)C(=O)Nc2ccc(NC(=O)/C=C/c3ccccc3[N+](=O)[O-])cc2Cl)n1. The number of nitro groups is 1. The number of nitrogens with one attached hydrogen (secondary N) is 2. The third-order valence-corrected chi connectivity index (χ3v) is 5.15. The second kappa shape index (κ2) is 10.1. The minimum absolute atomic E-state index is 0.0978. The number of aryl methyl sites for hydroxylation is 2. The first-order valence-electron chi connectivity index (χ1n) is 10.0. The number of amides is 2. The molecule has 10 heteroatoms. The molecule has 0 aliphatic rings. The van der Waals surface area contributed by atoms with E-state index in [4.69, 9.17) is 11.6 Å². The quantitative estimate of drug-likeness (QED) is 0.290. The third-order valence-electron chi connectivity index (χ3n) is 4.83. The summed E-state index contributed by atoms with van der Waals surface area (Å²) in [4.78, 5) is 35.4. The minimum Gasteiger partial charge on any atom is -0.323 e. The van der Waals surface area contributed by atoms with Crippen LogP contribution in [0, 0.1) is 24.0 Å². The number of halogens is 1. The lowest BCUT2D eigenvalue weighted by Crippen LogP contribution is -2.25. The molecule has 2 amide bonds. The van der Waals surface area contributed by atoms with Gasteiger partial charge in [0, 0.05) is 23.5 Å². The van der Waals surface area contributed by atoms with E-state index in [9.17, 15) is 19.7 Å². The predicted octanol–water partition coefficient (Wildman–Crippen LogP) is 4.91. The van der Waals surface area contributed by atoms with Crippen LogP contribution in [-0.2, 0) is 9.59 Å². The Morgan fingerprint density at radius 3 is 2.52 bits per heavy atom. The van der Waals surface area contributed by atoms with Gasteiger partial charge in [-0.3, -0.25) is 24.4 Å². The molecule has 3 aromatic rings. The Labute approximate surface area is 195 Å². The standard InChI is InChI=1S/C23H22ClN5O4/c1-14-12-15(2)28(27-14)16(3)23(31)26-20-10-9-18(13-19(20)24)25-22(30)11-8-17-6-4-5-7-21(17)29(32)33/h4-13,16H,1-3H3,(H,25,30)(H,26,31)/b11-8+. The molecule has 2 aromatic carbocycles. The fourth-order valence-corrected chi connectivity index (χ4v) is 3.45. The first-order chi connectivity index (χ1) is 15.7. The highest BCUT2D eigenvalue weighted by Crippen LogP contribution is 2.27. The Kier molecular flexibility index (Phi) is 7.24. The molecule has 3 rings (SSSR count). The zero-order valence-electron chi connectivity index (χ0n) is 18.2. The molecule has 0 saturated heterocycles. The van der Waals surface area contributed by atoms with Crippen LogP contribution in [0.15, 0.2) is 54.6 Å². The van der Waals surface area contributed by atoms with Gasteiger partial charge in [-0.1, -0.05) is 23.7 Å². The van der Waals surface area contributed by atoms with E-state index >= 15 is 0 Å². The fourth-order valence-electron chi connectivity index (χ4n) is 3.22. The molecule has 1 aromatic heterocycles. The number of benzene rings is 2. The van der Waals surface area contributed by atoms with E-state index in [0.29, 0.717) is 16.9 Å². The second-order valence-corrected chi connectivity index (χ2v) is 7.78. The molecule has 170 valence electrons. The summed E-state index contributed by atoms with van der Waals surface area (Å²) in [7, 11) is 0. The third kappa shape index (κ3) is 5.83. The largest absolute Gasteiger partial charge is 0.323 e. The summed E-state index contributed by atoms with van der Waals surface area (Å²) in [5.74, 6) is -0.772. The number of para-hydroxylation sites is 1. The summed E-state index contributed by atoms with van der Waals surface area (Å²) in [6.45, 7) is 5.47. The van der Waals surface area contributed by atoms with Crippen molar-refractivity contribution in [3.05, 3.63) is 86.7 Å². The molecule has 0 aliphatic carbocycles. The highest BCUT2D eigenvalue weighted by molar-refractivity contribution is 6.34. The highest BCUT2D eigenvalue weighted by atomic mass is 35.5. The maximum absolute atomic E-state index is 12.6. The summed E-state index contributed by atoms with van der Waals surface area (Å²) in [6.07, 6.45) is 2.56. The number of carbonyl (C=O) groups is 2. The van der Waals surface area contributed by atoms with Crippen molar-refractivity contribution in [1.29, 1.82) is 0 Å². The maximum atomic E-state index is 12.6. The van der Waals surface area contributed by atoms with Gasteiger partial charge in [0.1, 0.15) is 6.04 Å². The van der Waals surface area contributed by atoms with Crippen LogP contribution in [0.1, 0.15) is 29.9 Å². The Morgan fingerprint density at radius 1 is 1.15 bits per heavy atom. The summed E-state index contributed by atoms with van der Waals surface area (Å²) in [5, 5.41) is 21.0. The Balaban J connectivity index is 1.66. The number of nitro benzene ring substituents is 1. The van der Waals surface area contributed by atoms with Crippen molar-refractivity contribution in [2.75, 3.05) is 10.6 Å². The number of rotatable bonds is 7. The van der Waals surface area contributed by atoms with E-state index in [1.807, 2.05) is 19.9 Å². The smallest absolute Gasteiger partial charge is 0.276 e. The van der Waals surface area contributed by atoms with E-state index in [1.54, 1.807) is 41.9 Å². The summed E-state index contributed by atoms with van der Waals surface area (Å²) in [5.41, 5.74) is 2.70. The van der Waals surface area contributed by atoms with Gasteiger partial charge < -0.3 is 10.6 Å². The topological polar surface area (TPSA) is 119 Å². The van der Waals surface area contributed by atoms with Gasteiger partial charge in [-0.05, 0) is 57.2 Å². The van der Waals surface area contributed by atoms with Gasteiger partial charge in [0.15, 0.2) is 0 Å². The summed E-state index contributed by atoms with van der Waals surface area (Å²) >= 11 is 6.29. The Morgan fingerprint density at radius 2 is 1.88 bits per heavy atom. The number of anilines is 2. The van der Waals surface area contributed by atoms with Crippen molar-refractivity contribution in [2.24, 2.45) is 0 Å². The maximum Gasteiger partial charge on any atom is 0.276 e. The second-order valence-electron chi connectivity index (χ2n) is 7.37. The molecular weight excluding hydrogens is 446 g/mol. The Bertz CT molecular complexity index is 1250. The van der Waals surface area contributed by atoms with Gasteiger partial charge in [0.2, 0.25) is 11.8 Å². The van der Waals surface area contributed by atoms with E-state index < -0.39 is 16.9 Å². The zero-order valence-corrected chi connectivity index (χ0v) is 19.0. The average molecular weight is 468 g/mol. The lowest BCUT2D eigenvalue weighted by atomic mass is 10.1. The molecule has 1 heterocycles. The highest BCUT2D eigenvalue weighted by Gasteiger charge is 2.19. The summed E-state index contributed by atoms with van der Waals surface area (Å²) in [6, 6.07) is 12.1. The van der Waals surface area contributed by atoms with E-state index in [-0.39, 0.29) is 16.6 Å². The fraction of sp³-hybridized carbons (Fsp3) is 0.174. The minimum atomic E-state index is -0.540. The molecule has 0 saturated carbocycles. The molecule has 1 unspecified atom stereocenters. The molecule has 9 nitrogen and oxygen atoms in total. The van der Waals surface area contributed by atoms with Gasteiger partial charge in [0.25, 0.3) is 5.69 Å². The number of aromatic nitrogens is 2. The van der Waals surface area contributed by atoms with Crippen LogP contribution in [0.2, 0.25) is 5.02 Å². The number of nitrogens with zero attached hydrogens (tertiary/aromatic N) is 3. The van der Waals surface area contributed by atoms with Gasteiger partial charge in [-0.25, -0.2) is 0 Å². The molecule has 0 radical (unpaired) electrons. The van der Waals surface area contributed by atoms with Crippen molar-refractivity contribution >= 4 is 46.6 Å². The first-order valence-corrected chi connectivity index (χ1v) is 10.4. The Hall–Kier alpha value is -3.98. The molecule has 33 heavy (non-hydrogen) atoms. The predicted molar refractivity (Wildman–Crippen MR) is 127 cm³/mol. The van der Waals surface area contributed by atoms with Gasteiger partial charge in [0.05, 0.1) is 26.9 Å². The molecule has 2 N–H and O–H groups in total. The van der Waals surface area contributed by atoms with Crippen molar-refractivity contribution < 1.29 is 14.5 Å². The number of hydrogen-bond acceptors (Lipinski definition) is 5. The molecule has 1 atom stereocenters. The van der Waals surface area contributed by atoms with Crippen molar-refractivity contribution in [3.8, 4) is 0 Å². The lowest BCUT2D eigenvalue weighted by molar-refractivity contribution is -0.385. The van der Waals surface area contributed by atoms with Crippen LogP contribution >= 0.6 is 11.6 Å². The molecular formula is C23H22ClN5O4. The molecule has 0 bridgehead atoms. The van der Waals surface area contributed by atoms with Gasteiger partial charge in [-0.15, -0.1) is 0 Å². The van der Waals surface area contributed by atoms with Crippen molar-refractivity contribution in [2.45, 2.75) is 26.8 Å².